The molecule has 0 unspecified atom stereocenters. The van der Waals surface area contributed by atoms with Gasteiger partial charge in [0.05, 0.1) is 22.5 Å². The van der Waals surface area contributed by atoms with Crippen LogP contribution < -0.4 is 9.80 Å². The monoisotopic (exact) mass is 682 g/mol. The van der Waals surface area contributed by atoms with Crippen molar-refractivity contribution < 1.29 is 20.0 Å². The molecule has 0 radical (unpaired) electrons. The number of hydrogen-bond acceptors (Lipinski definition) is 6. The van der Waals surface area contributed by atoms with Gasteiger partial charge in [0.2, 0.25) is 0 Å². The molecule has 2 heterocycles. The number of fused-ring (bicyclic) bond motifs is 1. The predicted molar refractivity (Wildman–Crippen MR) is 203 cm³/mol. The molecule has 0 bridgehead atoms. The molecule has 8 nitrogen and oxygen atoms in total. The van der Waals surface area contributed by atoms with E-state index >= 15 is 0 Å². The summed E-state index contributed by atoms with van der Waals surface area (Å²) in [5, 5.41) is 23.3. The van der Waals surface area contributed by atoms with Crippen LogP contribution in [0.4, 0.5) is 34.1 Å². The van der Waals surface area contributed by atoms with E-state index in [0.29, 0.717) is 21.3 Å². The normalized spacial score (nSPS) is 14.0. The molecule has 0 spiro atoms. The van der Waals surface area contributed by atoms with Gasteiger partial charge in [-0.3, -0.25) is 20.0 Å². The predicted octanol–water partition coefficient (Wildman–Crippen LogP) is 9.83. The van der Waals surface area contributed by atoms with Gasteiger partial charge in [-0.25, -0.2) is 0 Å². The molecule has 6 aromatic carbocycles. The van der Waals surface area contributed by atoms with Gasteiger partial charge < -0.3 is 9.80 Å². The standard InChI is InChI=1S/C44H34N4O4/c1-29-13-21-35(22-14-29)46(36-23-15-30(2)16-24-36)38-27-19-32(20-28-38)42-40-39(43(49)48(42)52)41(47(51)44(40)50)31-17-25-37(26-18-31)45(33-9-5-3-6-10-33)34-11-7-4-8-12-34/h3-28,51-52H,1-2H3. The summed E-state index contributed by atoms with van der Waals surface area (Å²) in [6, 6.07) is 50.8. The Hall–Kier alpha value is -6.74. The third kappa shape index (κ3) is 5.62. The van der Waals surface area contributed by atoms with Gasteiger partial charge in [-0.15, -0.1) is 0 Å². The zero-order chi connectivity index (χ0) is 35.9. The van der Waals surface area contributed by atoms with Crippen molar-refractivity contribution in [1.29, 1.82) is 0 Å². The van der Waals surface area contributed by atoms with Crippen molar-refractivity contribution in [2.75, 3.05) is 9.80 Å². The molecule has 8 rings (SSSR count). The van der Waals surface area contributed by atoms with E-state index in [0.717, 1.165) is 45.3 Å². The number of para-hydroxylation sites is 2. The van der Waals surface area contributed by atoms with E-state index < -0.39 is 11.8 Å². The van der Waals surface area contributed by atoms with Gasteiger partial charge in [0.25, 0.3) is 11.8 Å². The van der Waals surface area contributed by atoms with Gasteiger partial charge in [0.1, 0.15) is 0 Å². The number of rotatable bonds is 8. The van der Waals surface area contributed by atoms with Crippen LogP contribution in [0.5, 0.6) is 0 Å². The number of amides is 2. The summed E-state index contributed by atoms with van der Waals surface area (Å²) in [6.07, 6.45) is 0. The van der Waals surface area contributed by atoms with Gasteiger partial charge in [0.15, 0.2) is 0 Å². The molecule has 0 saturated heterocycles. The van der Waals surface area contributed by atoms with Crippen molar-refractivity contribution in [3.05, 3.63) is 191 Å². The van der Waals surface area contributed by atoms with Crippen molar-refractivity contribution >= 4 is 57.3 Å². The summed E-state index contributed by atoms with van der Waals surface area (Å²) in [5.74, 6) is -1.59. The molecular weight excluding hydrogens is 649 g/mol. The highest BCUT2D eigenvalue weighted by Gasteiger charge is 2.49. The van der Waals surface area contributed by atoms with Crippen LogP contribution in [0.2, 0.25) is 0 Å². The summed E-state index contributed by atoms with van der Waals surface area (Å²) in [6.45, 7) is 4.08. The van der Waals surface area contributed by atoms with E-state index in [1.165, 1.54) is 0 Å². The van der Waals surface area contributed by atoms with E-state index in [-0.39, 0.29) is 22.5 Å². The molecule has 2 aliphatic rings. The SMILES string of the molecule is Cc1ccc(N(c2ccc(C)cc2)c2ccc(C3=C4C(=O)N(O)C(c5ccc(N(c6ccccc6)c6ccccc6)cc5)=C4C(=O)N3O)cc2)cc1. The number of benzene rings is 6. The minimum Gasteiger partial charge on any atom is -0.311 e. The van der Waals surface area contributed by atoms with Crippen LogP contribution in [0.15, 0.2) is 169 Å². The molecule has 6 aromatic rings. The van der Waals surface area contributed by atoms with E-state index in [1.807, 2.05) is 98.8 Å². The first-order valence-corrected chi connectivity index (χ1v) is 16.9. The van der Waals surface area contributed by atoms with Crippen molar-refractivity contribution in [3.8, 4) is 0 Å². The molecule has 0 atom stereocenters. The maximum absolute atomic E-state index is 13.7. The van der Waals surface area contributed by atoms with E-state index in [4.69, 9.17) is 0 Å². The minimum absolute atomic E-state index is 0.0121. The lowest BCUT2D eigenvalue weighted by molar-refractivity contribution is -0.146. The van der Waals surface area contributed by atoms with Crippen LogP contribution >= 0.6 is 0 Å². The van der Waals surface area contributed by atoms with Gasteiger partial charge in [0, 0.05) is 45.3 Å². The van der Waals surface area contributed by atoms with Crippen LogP contribution in [0.1, 0.15) is 22.3 Å². The number of aryl methyl sites for hydroxylation is 2. The zero-order valence-corrected chi connectivity index (χ0v) is 28.5. The van der Waals surface area contributed by atoms with Gasteiger partial charge in [-0.05, 0) is 86.6 Å². The second-order valence-corrected chi connectivity index (χ2v) is 12.8. The fraction of sp³-hybridized carbons (Fsp3) is 0.0455. The fourth-order valence-corrected chi connectivity index (χ4v) is 6.79. The molecule has 0 aliphatic carbocycles. The highest BCUT2D eigenvalue weighted by Crippen LogP contribution is 2.46. The summed E-state index contributed by atoms with van der Waals surface area (Å²) in [5.41, 5.74) is 8.57. The second kappa shape index (κ2) is 13.2. The average molecular weight is 683 g/mol. The summed E-state index contributed by atoms with van der Waals surface area (Å²) in [4.78, 5) is 31.5. The lowest BCUT2D eigenvalue weighted by Crippen LogP contribution is -2.26. The Labute approximate surface area is 301 Å². The molecule has 0 aromatic heterocycles. The summed E-state index contributed by atoms with van der Waals surface area (Å²) < 4.78 is 0. The van der Waals surface area contributed by atoms with Crippen molar-refractivity contribution in [2.45, 2.75) is 13.8 Å². The third-order valence-electron chi connectivity index (χ3n) is 9.37. The average Bonchev–Trinajstić information content (AvgIpc) is 3.59. The molecule has 0 saturated carbocycles. The Bertz CT molecular complexity index is 2270. The maximum Gasteiger partial charge on any atom is 0.285 e. The quantitative estimate of drug-likeness (QED) is 0.156. The van der Waals surface area contributed by atoms with E-state index in [1.54, 1.807) is 24.3 Å². The first-order valence-electron chi connectivity index (χ1n) is 16.9. The minimum atomic E-state index is -0.797. The highest BCUT2D eigenvalue weighted by molar-refractivity contribution is 6.29. The van der Waals surface area contributed by atoms with E-state index in [2.05, 4.69) is 58.3 Å². The molecule has 2 aliphatic heterocycles. The number of nitrogens with zero attached hydrogens (tertiary/aromatic N) is 4. The fourth-order valence-electron chi connectivity index (χ4n) is 6.79. The van der Waals surface area contributed by atoms with E-state index in [9.17, 15) is 20.0 Å². The van der Waals surface area contributed by atoms with Crippen molar-refractivity contribution in [3.63, 3.8) is 0 Å². The van der Waals surface area contributed by atoms with Crippen molar-refractivity contribution in [1.82, 2.24) is 10.1 Å². The third-order valence-corrected chi connectivity index (χ3v) is 9.37. The summed E-state index contributed by atoms with van der Waals surface area (Å²) in [7, 11) is 0. The first-order chi connectivity index (χ1) is 25.3. The smallest absolute Gasteiger partial charge is 0.285 e. The zero-order valence-electron chi connectivity index (χ0n) is 28.5. The molecule has 8 heteroatoms. The van der Waals surface area contributed by atoms with Crippen LogP contribution in [-0.4, -0.2) is 32.4 Å². The Morgan fingerprint density at radius 3 is 0.962 bits per heavy atom. The molecular formula is C44H34N4O4. The van der Waals surface area contributed by atoms with Crippen LogP contribution in [0, 0.1) is 13.8 Å². The Morgan fingerprint density at radius 2 is 0.654 bits per heavy atom. The van der Waals surface area contributed by atoms with Crippen LogP contribution in [0.3, 0.4) is 0 Å². The molecule has 0 fully saturated rings. The Morgan fingerprint density at radius 1 is 0.385 bits per heavy atom. The number of carbonyl (C=O) groups is 2. The van der Waals surface area contributed by atoms with Gasteiger partial charge in [-0.1, -0.05) is 96.1 Å². The highest BCUT2D eigenvalue weighted by atomic mass is 16.5. The largest absolute Gasteiger partial charge is 0.311 e. The Kier molecular flexibility index (Phi) is 8.23. The van der Waals surface area contributed by atoms with Crippen molar-refractivity contribution in [2.24, 2.45) is 0 Å². The molecule has 52 heavy (non-hydrogen) atoms. The lowest BCUT2D eigenvalue weighted by Gasteiger charge is -2.26. The van der Waals surface area contributed by atoms with Gasteiger partial charge in [-0.2, -0.15) is 10.1 Å². The summed E-state index contributed by atoms with van der Waals surface area (Å²) >= 11 is 0. The molecule has 2 N–H and O–H groups in total. The maximum atomic E-state index is 13.7. The molecule has 2 amide bonds. The number of hydroxylamine groups is 4. The molecule has 254 valence electrons. The number of carbonyl (C=O) groups excluding carboxylic acids is 2. The number of hydrogen-bond donors (Lipinski definition) is 2. The van der Waals surface area contributed by atoms with Crippen LogP contribution in [-0.2, 0) is 9.59 Å². The second-order valence-electron chi connectivity index (χ2n) is 12.8. The Balaban J connectivity index is 1.17. The topological polar surface area (TPSA) is 87.6 Å². The number of anilines is 6. The van der Waals surface area contributed by atoms with Gasteiger partial charge >= 0.3 is 0 Å². The lowest BCUT2D eigenvalue weighted by atomic mass is 10.0. The first kappa shape index (κ1) is 32.5. The van der Waals surface area contributed by atoms with Crippen LogP contribution in [0.25, 0.3) is 11.4 Å².